The Kier molecular flexibility index (Phi) is 3.57. The van der Waals surface area contributed by atoms with Crippen LogP contribution in [0.15, 0.2) is 18.2 Å². The fourth-order valence-electron chi connectivity index (χ4n) is 1.78. The van der Waals surface area contributed by atoms with Gasteiger partial charge < -0.3 is 15.7 Å². The molecule has 1 aromatic rings. The van der Waals surface area contributed by atoms with Crippen molar-refractivity contribution in [3.8, 4) is 6.07 Å². The van der Waals surface area contributed by atoms with Crippen LogP contribution in [0.25, 0.3) is 0 Å². The number of hydrogen-bond acceptors (Lipinski definition) is 3. The van der Waals surface area contributed by atoms with E-state index in [0.717, 1.165) is 6.07 Å². The maximum absolute atomic E-state index is 13.3. The topological polar surface area (TPSA) is 102 Å². The SMILES string of the molecule is N#Cc1c(F)cccc1NC(=O)NCC1(C(=O)O)CC1. The Morgan fingerprint density at radius 1 is 1.45 bits per heavy atom. The number of aliphatic carboxylic acids is 1. The van der Waals surface area contributed by atoms with E-state index in [4.69, 9.17) is 10.4 Å². The Bertz CT molecular complexity index is 605. The number of carbonyl (C=O) groups is 2. The molecular formula is C13H12FN3O3. The van der Waals surface area contributed by atoms with Crippen molar-refractivity contribution in [2.75, 3.05) is 11.9 Å². The van der Waals surface area contributed by atoms with E-state index in [-0.39, 0.29) is 17.8 Å². The molecule has 1 aromatic carbocycles. The van der Waals surface area contributed by atoms with Crippen LogP contribution in [0.3, 0.4) is 0 Å². The molecule has 0 saturated heterocycles. The average Bonchev–Trinajstić information content (AvgIpc) is 3.18. The van der Waals surface area contributed by atoms with Crippen LogP contribution in [0.5, 0.6) is 0 Å². The number of carboxylic acid groups (broad SMARTS) is 1. The first-order chi connectivity index (χ1) is 9.48. The van der Waals surface area contributed by atoms with Gasteiger partial charge in [0.15, 0.2) is 0 Å². The summed E-state index contributed by atoms with van der Waals surface area (Å²) in [5.41, 5.74) is -1.09. The minimum absolute atomic E-state index is 0.00533. The molecule has 2 amide bonds. The molecule has 20 heavy (non-hydrogen) atoms. The lowest BCUT2D eigenvalue weighted by atomic mass is 10.1. The zero-order valence-electron chi connectivity index (χ0n) is 10.4. The number of hydrogen-bond donors (Lipinski definition) is 3. The number of nitriles is 1. The van der Waals surface area contributed by atoms with Crippen molar-refractivity contribution in [3.05, 3.63) is 29.6 Å². The number of carboxylic acids is 1. The summed E-state index contributed by atoms with van der Waals surface area (Å²) >= 11 is 0. The maximum atomic E-state index is 13.3. The summed E-state index contributed by atoms with van der Waals surface area (Å²) in [6.45, 7) is 0.00533. The number of benzene rings is 1. The second-order valence-electron chi connectivity index (χ2n) is 4.67. The zero-order valence-corrected chi connectivity index (χ0v) is 10.4. The van der Waals surface area contributed by atoms with E-state index >= 15 is 0 Å². The molecule has 1 fully saturated rings. The van der Waals surface area contributed by atoms with Gasteiger partial charge >= 0.3 is 12.0 Å². The number of anilines is 1. The summed E-state index contributed by atoms with van der Waals surface area (Å²) in [6, 6.07) is 4.87. The van der Waals surface area contributed by atoms with E-state index in [1.54, 1.807) is 6.07 Å². The molecule has 0 aromatic heterocycles. The molecule has 0 atom stereocenters. The van der Waals surface area contributed by atoms with E-state index in [0.29, 0.717) is 12.8 Å². The molecule has 1 saturated carbocycles. The van der Waals surface area contributed by atoms with Gasteiger partial charge in [-0.1, -0.05) is 6.07 Å². The molecule has 6 nitrogen and oxygen atoms in total. The average molecular weight is 277 g/mol. The van der Waals surface area contributed by atoms with E-state index in [9.17, 15) is 14.0 Å². The Morgan fingerprint density at radius 2 is 2.15 bits per heavy atom. The fraction of sp³-hybridized carbons (Fsp3) is 0.308. The van der Waals surface area contributed by atoms with E-state index in [2.05, 4.69) is 10.6 Å². The van der Waals surface area contributed by atoms with E-state index in [1.807, 2.05) is 0 Å². The molecule has 1 aliphatic rings. The van der Waals surface area contributed by atoms with Gasteiger partial charge in [0.2, 0.25) is 0 Å². The molecule has 0 heterocycles. The highest BCUT2D eigenvalue weighted by Crippen LogP contribution is 2.45. The monoisotopic (exact) mass is 277 g/mol. The molecule has 0 unspecified atom stereocenters. The summed E-state index contributed by atoms with van der Waals surface area (Å²) in [5.74, 6) is -1.67. The molecule has 3 N–H and O–H groups in total. The standard InChI is InChI=1S/C13H12FN3O3/c14-9-2-1-3-10(8(9)6-15)17-12(20)16-7-13(4-5-13)11(18)19/h1-3H,4-5,7H2,(H,18,19)(H2,16,17,20). The molecule has 1 aliphatic carbocycles. The third-order valence-corrected chi connectivity index (χ3v) is 3.27. The minimum atomic E-state index is -0.943. The van der Waals surface area contributed by atoms with Crippen LogP contribution in [-0.2, 0) is 4.79 Å². The minimum Gasteiger partial charge on any atom is -0.481 e. The Balaban J connectivity index is 1.98. The van der Waals surface area contributed by atoms with Crippen molar-refractivity contribution in [2.24, 2.45) is 5.41 Å². The Morgan fingerprint density at radius 3 is 2.70 bits per heavy atom. The summed E-state index contributed by atoms with van der Waals surface area (Å²) in [7, 11) is 0. The van der Waals surface area contributed by atoms with Crippen LogP contribution in [0.4, 0.5) is 14.9 Å². The summed E-state index contributed by atoms with van der Waals surface area (Å²) in [6.07, 6.45) is 1.04. The van der Waals surface area contributed by atoms with Crippen LogP contribution in [0.2, 0.25) is 0 Å². The van der Waals surface area contributed by atoms with E-state index < -0.39 is 23.2 Å². The van der Waals surface area contributed by atoms with Gasteiger partial charge in [-0.2, -0.15) is 5.26 Å². The van der Waals surface area contributed by atoms with Gasteiger partial charge in [0.1, 0.15) is 17.4 Å². The molecule has 0 spiro atoms. The summed E-state index contributed by atoms with van der Waals surface area (Å²) in [5, 5.41) is 22.5. The fourth-order valence-corrected chi connectivity index (χ4v) is 1.78. The molecule has 2 rings (SSSR count). The highest BCUT2D eigenvalue weighted by Gasteiger charge is 2.50. The molecule has 0 bridgehead atoms. The number of carbonyl (C=O) groups excluding carboxylic acids is 1. The predicted molar refractivity (Wildman–Crippen MR) is 67.4 cm³/mol. The van der Waals surface area contributed by atoms with Crippen molar-refractivity contribution in [2.45, 2.75) is 12.8 Å². The van der Waals surface area contributed by atoms with Gasteiger partial charge in [0.25, 0.3) is 0 Å². The Labute approximate surface area is 114 Å². The number of urea groups is 1. The first-order valence-corrected chi connectivity index (χ1v) is 5.95. The summed E-state index contributed by atoms with van der Waals surface area (Å²) < 4.78 is 13.3. The quantitative estimate of drug-likeness (QED) is 0.779. The predicted octanol–water partition coefficient (Wildman–Crippen LogP) is 1.68. The second-order valence-corrected chi connectivity index (χ2v) is 4.67. The lowest BCUT2D eigenvalue weighted by molar-refractivity contribution is -0.143. The molecular weight excluding hydrogens is 265 g/mol. The van der Waals surface area contributed by atoms with Crippen LogP contribution < -0.4 is 10.6 Å². The first-order valence-electron chi connectivity index (χ1n) is 5.95. The van der Waals surface area contributed by atoms with Crippen LogP contribution >= 0.6 is 0 Å². The third-order valence-electron chi connectivity index (χ3n) is 3.27. The normalized spacial score (nSPS) is 15.0. The van der Waals surface area contributed by atoms with Crippen molar-refractivity contribution in [3.63, 3.8) is 0 Å². The van der Waals surface area contributed by atoms with Gasteiger partial charge in [0.05, 0.1) is 11.1 Å². The molecule has 0 radical (unpaired) electrons. The van der Waals surface area contributed by atoms with E-state index in [1.165, 1.54) is 12.1 Å². The van der Waals surface area contributed by atoms with Gasteiger partial charge in [0, 0.05) is 6.54 Å². The lowest BCUT2D eigenvalue weighted by Gasteiger charge is -2.12. The van der Waals surface area contributed by atoms with Crippen molar-refractivity contribution in [1.82, 2.24) is 5.32 Å². The first kappa shape index (κ1) is 13.8. The van der Waals surface area contributed by atoms with Gasteiger partial charge in [-0.05, 0) is 25.0 Å². The molecule has 0 aliphatic heterocycles. The second kappa shape index (κ2) is 5.17. The van der Waals surface area contributed by atoms with Gasteiger partial charge in [-0.3, -0.25) is 4.79 Å². The number of halogens is 1. The smallest absolute Gasteiger partial charge is 0.319 e. The number of rotatable bonds is 4. The largest absolute Gasteiger partial charge is 0.481 e. The van der Waals surface area contributed by atoms with Crippen molar-refractivity contribution < 1.29 is 19.1 Å². The van der Waals surface area contributed by atoms with Gasteiger partial charge in [-0.25, -0.2) is 9.18 Å². The lowest BCUT2D eigenvalue weighted by Crippen LogP contribution is -2.37. The summed E-state index contributed by atoms with van der Waals surface area (Å²) in [4.78, 5) is 22.6. The molecule has 104 valence electrons. The number of amides is 2. The maximum Gasteiger partial charge on any atom is 0.319 e. The van der Waals surface area contributed by atoms with Gasteiger partial charge in [-0.15, -0.1) is 0 Å². The van der Waals surface area contributed by atoms with Crippen molar-refractivity contribution >= 4 is 17.7 Å². The van der Waals surface area contributed by atoms with Crippen LogP contribution in [0, 0.1) is 22.6 Å². The number of nitrogens with one attached hydrogen (secondary N) is 2. The van der Waals surface area contributed by atoms with Crippen LogP contribution in [0.1, 0.15) is 18.4 Å². The highest BCUT2D eigenvalue weighted by molar-refractivity contribution is 5.91. The van der Waals surface area contributed by atoms with Crippen LogP contribution in [-0.4, -0.2) is 23.7 Å². The zero-order chi connectivity index (χ0) is 14.8. The third kappa shape index (κ3) is 2.69. The Hall–Kier alpha value is -2.62. The number of nitrogens with zero attached hydrogens (tertiary/aromatic N) is 1. The van der Waals surface area contributed by atoms with Crippen molar-refractivity contribution in [1.29, 1.82) is 5.26 Å². The highest BCUT2D eigenvalue weighted by atomic mass is 19.1. The molecule has 7 heteroatoms.